The molecule has 0 aromatic heterocycles. The lowest BCUT2D eigenvalue weighted by atomic mass is 10.1. The number of nitrogens with zero attached hydrogens (tertiary/aromatic N) is 1. The summed E-state index contributed by atoms with van der Waals surface area (Å²) in [5.74, 6) is 0.888. The Hall–Kier alpha value is -1.53. The molecule has 0 spiro atoms. The monoisotopic (exact) mass is 315 g/mol. The van der Waals surface area contributed by atoms with Crippen molar-refractivity contribution in [3.05, 3.63) is 40.9 Å². The molecule has 0 saturated heterocycles. The summed E-state index contributed by atoms with van der Waals surface area (Å²) in [5.41, 5.74) is 0.128. The Labute approximate surface area is 121 Å². The van der Waals surface area contributed by atoms with Gasteiger partial charge >= 0.3 is 0 Å². The average molecular weight is 316 g/mol. The molecule has 3 heteroatoms. The fourth-order valence-corrected chi connectivity index (χ4v) is 2.62. The number of nitriles is 1. The molecular formula is C16H14BrNO. The highest BCUT2D eigenvalue weighted by Gasteiger charge is 2.43. The van der Waals surface area contributed by atoms with E-state index in [0.717, 1.165) is 23.1 Å². The van der Waals surface area contributed by atoms with E-state index in [2.05, 4.69) is 46.3 Å². The maximum absolute atomic E-state index is 8.80. The van der Waals surface area contributed by atoms with Gasteiger partial charge in [-0.25, -0.2) is 0 Å². The number of hydrogen-bond donors (Lipinski definition) is 0. The van der Waals surface area contributed by atoms with Crippen molar-refractivity contribution in [2.75, 3.05) is 6.61 Å². The van der Waals surface area contributed by atoms with Gasteiger partial charge < -0.3 is 4.74 Å². The first-order valence-electron chi connectivity index (χ1n) is 6.40. The van der Waals surface area contributed by atoms with Crippen molar-refractivity contribution in [2.45, 2.75) is 19.3 Å². The summed E-state index contributed by atoms with van der Waals surface area (Å²) in [6, 6.07) is 14.6. The van der Waals surface area contributed by atoms with Crippen LogP contribution in [0.4, 0.5) is 0 Å². The third-order valence-corrected chi connectivity index (χ3v) is 4.22. The van der Waals surface area contributed by atoms with Crippen LogP contribution in [0, 0.1) is 16.7 Å². The summed E-state index contributed by atoms with van der Waals surface area (Å²) in [5, 5.41) is 11.2. The fraction of sp³-hybridized carbons (Fsp3) is 0.312. The first-order valence-corrected chi connectivity index (χ1v) is 7.19. The topological polar surface area (TPSA) is 33.0 Å². The summed E-state index contributed by atoms with van der Waals surface area (Å²) < 4.78 is 6.94. The quantitative estimate of drug-likeness (QED) is 0.821. The van der Waals surface area contributed by atoms with Crippen molar-refractivity contribution in [1.29, 1.82) is 5.26 Å². The van der Waals surface area contributed by atoms with Gasteiger partial charge in [-0.15, -0.1) is 0 Å². The molecule has 0 N–H and O–H groups in total. The van der Waals surface area contributed by atoms with E-state index in [0.29, 0.717) is 13.0 Å². The summed E-state index contributed by atoms with van der Waals surface area (Å²) in [4.78, 5) is 0. The first-order chi connectivity index (χ1) is 9.21. The molecule has 0 aliphatic heterocycles. The largest absolute Gasteiger partial charge is 0.493 e. The molecule has 3 rings (SSSR count). The van der Waals surface area contributed by atoms with Crippen LogP contribution in [-0.2, 0) is 0 Å². The molecular weight excluding hydrogens is 302 g/mol. The lowest BCUT2D eigenvalue weighted by Crippen LogP contribution is -2.12. The second-order valence-electron chi connectivity index (χ2n) is 5.28. The van der Waals surface area contributed by atoms with Gasteiger partial charge in [0.1, 0.15) is 5.75 Å². The molecule has 2 aromatic rings. The van der Waals surface area contributed by atoms with Crippen molar-refractivity contribution < 1.29 is 4.74 Å². The normalized spacial score (nSPS) is 16.0. The van der Waals surface area contributed by atoms with Gasteiger partial charge in [0.15, 0.2) is 0 Å². The molecule has 1 fully saturated rings. The standard InChI is InChI=1S/C16H14BrNO/c17-14-3-1-13-10-15(4-2-12(13)9-14)19-11-16(5-6-16)7-8-18/h1-4,9-10H,5-7,11H2. The second-order valence-corrected chi connectivity index (χ2v) is 6.19. The van der Waals surface area contributed by atoms with Gasteiger partial charge in [0.05, 0.1) is 12.7 Å². The predicted octanol–water partition coefficient (Wildman–Crippen LogP) is 4.67. The van der Waals surface area contributed by atoms with Crippen molar-refractivity contribution in [1.82, 2.24) is 0 Å². The molecule has 0 bridgehead atoms. The molecule has 2 nitrogen and oxygen atoms in total. The Kier molecular flexibility index (Phi) is 3.20. The molecule has 1 saturated carbocycles. The number of benzene rings is 2. The molecule has 1 aliphatic rings. The Bertz CT molecular complexity index is 655. The maximum Gasteiger partial charge on any atom is 0.119 e. The zero-order valence-electron chi connectivity index (χ0n) is 10.5. The van der Waals surface area contributed by atoms with Gasteiger partial charge in [-0.05, 0) is 47.9 Å². The Morgan fingerprint density at radius 3 is 2.63 bits per heavy atom. The lowest BCUT2D eigenvalue weighted by Gasteiger charge is -2.13. The number of halogens is 1. The molecule has 1 aliphatic carbocycles. The second kappa shape index (κ2) is 4.86. The smallest absolute Gasteiger partial charge is 0.119 e. The van der Waals surface area contributed by atoms with Crippen LogP contribution < -0.4 is 4.74 Å². The van der Waals surface area contributed by atoms with Crippen LogP contribution in [0.5, 0.6) is 5.75 Å². The summed E-state index contributed by atoms with van der Waals surface area (Å²) >= 11 is 3.47. The minimum atomic E-state index is 0.128. The predicted molar refractivity (Wildman–Crippen MR) is 79.0 cm³/mol. The van der Waals surface area contributed by atoms with Crippen molar-refractivity contribution in [3.63, 3.8) is 0 Å². The molecule has 2 aromatic carbocycles. The Morgan fingerprint density at radius 2 is 1.89 bits per heavy atom. The lowest BCUT2D eigenvalue weighted by molar-refractivity contribution is 0.237. The van der Waals surface area contributed by atoms with E-state index in [4.69, 9.17) is 10.00 Å². The van der Waals surface area contributed by atoms with Crippen molar-refractivity contribution in [3.8, 4) is 11.8 Å². The highest BCUT2D eigenvalue weighted by atomic mass is 79.9. The van der Waals surface area contributed by atoms with Crippen molar-refractivity contribution >= 4 is 26.7 Å². The SMILES string of the molecule is N#CCC1(COc2ccc3cc(Br)ccc3c2)CC1. The van der Waals surface area contributed by atoms with E-state index in [1.165, 1.54) is 10.8 Å². The van der Waals surface area contributed by atoms with E-state index in [1.807, 2.05) is 12.1 Å². The van der Waals surface area contributed by atoms with Crippen molar-refractivity contribution in [2.24, 2.45) is 5.41 Å². The van der Waals surface area contributed by atoms with Crippen LogP contribution in [0.1, 0.15) is 19.3 Å². The molecule has 0 radical (unpaired) electrons. The van der Waals surface area contributed by atoms with Gasteiger partial charge in [-0.1, -0.05) is 28.1 Å². The molecule has 96 valence electrons. The van der Waals surface area contributed by atoms with E-state index < -0.39 is 0 Å². The van der Waals surface area contributed by atoms with Crippen LogP contribution in [0.2, 0.25) is 0 Å². The number of hydrogen-bond acceptors (Lipinski definition) is 2. The third kappa shape index (κ3) is 2.74. The van der Waals surface area contributed by atoms with Gasteiger partial charge in [0, 0.05) is 16.3 Å². The Morgan fingerprint density at radius 1 is 1.16 bits per heavy atom. The first kappa shape index (κ1) is 12.5. The van der Waals surface area contributed by atoms with Crippen LogP contribution in [-0.4, -0.2) is 6.61 Å². The molecule has 19 heavy (non-hydrogen) atoms. The van der Waals surface area contributed by atoms with Gasteiger partial charge in [-0.2, -0.15) is 5.26 Å². The highest BCUT2D eigenvalue weighted by Crippen LogP contribution is 2.48. The van der Waals surface area contributed by atoms with E-state index in [1.54, 1.807) is 0 Å². The van der Waals surface area contributed by atoms with Crippen LogP contribution >= 0.6 is 15.9 Å². The zero-order valence-corrected chi connectivity index (χ0v) is 12.1. The number of ether oxygens (including phenoxy) is 1. The third-order valence-electron chi connectivity index (χ3n) is 3.73. The average Bonchev–Trinajstić information content (AvgIpc) is 3.17. The zero-order chi connectivity index (χ0) is 13.3. The molecule has 0 heterocycles. The molecule has 0 amide bonds. The minimum absolute atomic E-state index is 0.128. The van der Waals surface area contributed by atoms with E-state index in [9.17, 15) is 0 Å². The van der Waals surface area contributed by atoms with Gasteiger partial charge in [0.2, 0.25) is 0 Å². The summed E-state index contributed by atoms with van der Waals surface area (Å²) in [7, 11) is 0. The highest BCUT2D eigenvalue weighted by molar-refractivity contribution is 9.10. The summed E-state index contributed by atoms with van der Waals surface area (Å²) in [6.07, 6.45) is 2.83. The van der Waals surface area contributed by atoms with Crippen LogP contribution in [0.15, 0.2) is 40.9 Å². The number of fused-ring (bicyclic) bond motifs is 1. The minimum Gasteiger partial charge on any atom is -0.493 e. The molecule has 0 unspecified atom stereocenters. The summed E-state index contributed by atoms with van der Waals surface area (Å²) in [6.45, 7) is 0.655. The number of rotatable bonds is 4. The van der Waals surface area contributed by atoms with Gasteiger partial charge in [-0.3, -0.25) is 0 Å². The van der Waals surface area contributed by atoms with Gasteiger partial charge in [0.25, 0.3) is 0 Å². The van der Waals surface area contributed by atoms with Crippen LogP contribution in [0.3, 0.4) is 0 Å². The van der Waals surface area contributed by atoms with Crippen LogP contribution in [0.25, 0.3) is 10.8 Å². The fourth-order valence-electron chi connectivity index (χ4n) is 2.24. The Balaban J connectivity index is 1.75. The van der Waals surface area contributed by atoms with E-state index in [-0.39, 0.29) is 5.41 Å². The van der Waals surface area contributed by atoms with E-state index >= 15 is 0 Å². The maximum atomic E-state index is 8.80. The molecule has 0 atom stereocenters.